The Bertz CT molecular complexity index is 459. The Morgan fingerprint density at radius 3 is 2.81 bits per heavy atom. The summed E-state index contributed by atoms with van der Waals surface area (Å²) in [6.07, 6.45) is 1.33. The lowest BCUT2D eigenvalue weighted by Crippen LogP contribution is -2.36. The molecule has 0 aromatic heterocycles. The van der Waals surface area contributed by atoms with Crippen LogP contribution < -0.4 is 16.0 Å². The Morgan fingerprint density at radius 1 is 1.38 bits per heavy atom. The van der Waals surface area contributed by atoms with Gasteiger partial charge < -0.3 is 20.7 Å². The summed E-state index contributed by atoms with van der Waals surface area (Å²) in [4.78, 5) is 14.3. The monoisotopic (exact) mass is 291 g/mol. The predicted molar refractivity (Wildman–Crippen MR) is 85.6 cm³/mol. The summed E-state index contributed by atoms with van der Waals surface area (Å²) in [6.45, 7) is 5.87. The molecule has 2 rings (SSSR count). The number of hydrogen-bond donors (Lipinski definition) is 2. The second-order valence-electron chi connectivity index (χ2n) is 5.54. The van der Waals surface area contributed by atoms with E-state index in [0.29, 0.717) is 18.9 Å². The van der Waals surface area contributed by atoms with E-state index in [1.54, 1.807) is 0 Å². The lowest BCUT2D eigenvalue weighted by atomic mass is 10.1. The summed E-state index contributed by atoms with van der Waals surface area (Å²) in [7, 11) is 0. The molecule has 1 atom stereocenters. The van der Waals surface area contributed by atoms with E-state index in [1.165, 1.54) is 0 Å². The van der Waals surface area contributed by atoms with Gasteiger partial charge in [0.05, 0.1) is 24.6 Å². The van der Waals surface area contributed by atoms with E-state index in [0.717, 1.165) is 44.1 Å². The number of nitrogens with zero attached hydrogens (tertiary/aromatic N) is 1. The van der Waals surface area contributed by atoms with Gasteiger partial charge in [0, 0.05) is 19.5 Å². The molecule has 5 heteroatoms. The fraction of sp³-hybridized carbons (Fsp3) is 0.562. The maximum absolute atomic E-state index is 12.1. The van der Waals surface area contributed by atoms with E-state index < -0.39 is 0 Å². The molecule has 116 valence electrons. The van der Waals surface area contributed by atoms with E-state index in [1.807, 2.05) is 24.3 Å². The van der Waals surface area contributed by atoms with E-state index in [4.69, 9.17) is 10.5 Å². The van der Waals surface area contributed by atoms with E-state index in [-0.39, 0.29) is 5.91 Å². The molecular formula is C16H25N3O2. The molecule has 1 saturated heterocycles. The van der Waals surface area contributed by atoms with Crippen molar-refractivity contribution < 1.29 is 9.53 Å². The van der Waals surface area contributed by atoms with Crippen molar-refractivity contribution in [1.82, 2.24) is 0 Å². The molecule has 1 aromatic carbocycles. The minimum Gasteiger partial charge on any atom is -0.378 e. The molecule has 21 heavy (non-hydrogen) atoms. The van der Waals surface area contributed by atoms with Gasteiger partial charge in [-0.15, -0.1) is 0 Å². The van der Waals surface area contributed by atoms with Gasteiger partial charge in [-0.2, -0.15) is 0 Å². The summed E-state index contributed by atoms with van der Waals surface area (Å²) in [5.74, 6) is 0.432. The molecule has 1 fully saturated rings. The lowest BCUT2D eigenvalue weighted by Gasteiger charge is -2.30. The first-order valence-corrected chi connectivity index (χ1v) is 7.62. The number of ether oxygens (including phenoxy) is 1. The third-order valence-electron chi connectivity index (χ3n) is 3.80. The Balaban J connectivity index is 1.97. The molecule has 0 radical (unpaired) electrons. The third-order valence-corrected chi connectivity index (χ3v) is 3.80. The molecule has 1 heterocycles. The highest BCUT2D eigenvalue weighted by Gasteiger charge is 2.15. The van der Waals surface area contributed by atoms with Gasteiger partial charge >= 0.3 is 0 Å². The second kappa shape index (κ2) is 8.00. The molecule has 0 spiro atoms. The first-order chi connectivity index (χ1) is 10.2. The quantitative estimate of drug-likeness (QED) is 0.839. The topological polar surface area (TPSA) is 67.6 Å². The van der Waals surface area contributed by atoms with Crippen LogP contribution in [-0.2, 0) is 9.53 Å². The number of carbonyl (C=O) groups is 1. The fourth-order valence-corrected chi connectivity index (χ4v) is 2.37. The van der Waals surface area contributed by atoms with Crippen LogP contribution in [0.25, 0.3) is 0 Å². The van der Waals surface area contributed by atoms with Gasteiger partial charge in [-0.3, -0.25) is 4.79 Å². The number of nitrogens with two attached hydrogens (primary N) is 1. The Kier molecular flexibility index (Phi) is 6.02. The van der Waals surface area contributed by atoms with Crippen LogP contribution in [0.5, 0.6) is 0 Å². The third kappa shape index (κ3) is 4.72. The lowest BCUT2D eigenvalue weighted by molar-refractivity contribution is -0.116. The number of para-hydroxylation sites is 2. The first kappa shape index (κ1) is 15.8. The average Bonchev–Trinajstić information content (AvgIpc) is 2.54. The normalized spacial score (nSPS) is 16.6. The van der Waals surface area contributed by atoms with Gasteiger partial charge in [0.15, 0.2) is 0 Å². The SMILES string of the molecule is CC(CN)CCC(=O)Nc1ccccc1N1CCOCC1. The first-order valence-electron chi connectivity index (χ1n) is 7.62. The van der Waals surface area contributed by atoms with Crippen molar-refractivity contribution in [3.63, 3.8) is 0 Å². The van der Waals surface area contributed by atoms with Crippen molar-refractivity contribution >= 4 is 17.3 Å². The fourth-order valence-electron chi connectivity index (χ4n) is 2.37. The number of anilines is 2. The van der Waals surface area contributed by atoms with Crippen molar-refractivity contribution in [2.45, 2.75) is 19.8 Å². The molecule has 1 aliphatic heterocycles. The number of rotatable bonds is 6. The van der Waals surface area contributed by atoms with Crippen LogP contribution in [0.3, 0.4) is 0 Å². The number of benzene rings is 1. The Morgan fingerprint density at radius 2 is 2.10 bits per heavy atom. The zero-order valence-corrected chi connectivity index (χ0v) is 12.7. The minimum atomic E-state index is 0.0519. The molecule has 0 bridgehead atoms. The van der Waals surface area contributed by atoms with Crippen LogP contribution in [0.1, 0.15) is 19.8 Å². The van der Waals surface area contributed by atoms with Crippen molar-refractivity contribution in [2.75, 3.05) is 43.1 Å². The van der Waals surface area contributed by atoms with Crippen molar-refractivity contribution in [2.24, 2.45) is 11.7 Å². The zero-order valence-electron chi connectivity index (χ0n) is 12.7. The average molecular weight is 291 g/mol. The maximum Gasteiger partial charge on any atom is 0.224 e. The standard InChI is InChI=1S/C16H25N3O2/c1-13(12-17)6-7-16(20)18-14-4-2-3-5-15(14)19-8-10-21-11-9-19/h2-5,13H,6-12,17H2,1H3,(H,18,20). The summed E-state index contributed by atoms with van der Waals surface area (Å²) in [5, 5.41) is 3.03. The summed E-state index contributed by atoms with van der Waals surface area (Å²) < 4.78 is 5.38. The van der Waals surface area contributed by atoms with Gasteiger partial charge in [-0.05, 0) is 31.0 Å². The van der Waals surface area contributed by atoms with Gasteiger partial charge in [0.1, 0.15) is 0 Å². The van der Waals surface area contributed by atoms with E-state index in [9.17, 15) is 4.79 Å². The molecular weight excluding hydrogens is 266 g/mol. The van der Waals surface area contributed by atoms with Crippen LogP contribution in [0, 0.1) is 5.92 Å². The molecule has 0 aliphatic carbocycles. The number of carbonyl (C=O) groups excluding carboxylic acids is 1. The highest BCUT2D eigenvalue weighted by molar-refractivity contribution is 5.94. The van der Waals surface area contributed by atoms with Crippen LogP contribution >= 0.6 is 0 Å². The van der Waals surface area contributed by atoms with Crippen LogP contribution in [0.15, 0.2) is 24.3 Å². The van der Waals surface area contributed by atoms with Gasteiger partial charge in [0.2, 0.25) is 5.91 Å². The van der Waals surface area contributed by atoms with Crippen molar-refractivity contribution in [3.05, 3.63) is 24.3 Å². The molecule has 5 nitrogen and oxygen atoms in total. The van der Waals surface area contributed by atoms with Crippen LogP contribution in [0.2, 0.25) is 0 Å². The maximum atomic E-state index is 12.1. The molecule has 0 saturated carbocycles. The van der Waals surface area contributed by atoms with E-state index in [2.05, 4.69) is 17.1 Å². The number of hydrogen-bond acceptors (Lipinski definition) is 4. The summed E-state index contributed by atoms with van der Waals surface area (Å²) in [6, 6.07) is 7.94. The molecule has 1 amide bonds. The number of amides is 1. The largest absolute Gasteiger partial charge is 0.378 e. The van der Waals surface area contributed by atoms with Crippen molar-refractivity contribution in [1.29, 1.82) is 0 Å². The van der Waals surface area contributed by atoms with E-state index >= 15 is 0 Å². The smallest absolute Gasteiger partial charge is 0.224 e. The number of nitrogens with one attached hydrogen (secondary N) is 1. The minimum absolute atomic E-state index is 0.0519. The summed E-state index contributed by atoms with van der Waals surface area (Å²) in [5.41, 5.74) is 7.53. The highest BCUT2D eigenvalue weighted by atomic mass is 16.5. The van der Waals surface area contributed by atoms with Gasteiger partial charge in [-0.25, -0.2) is 0 Å². The predicted octanol–water partition coefficient (Wildman–Crippen LogP) is 1.84. The van der Waals surface area contributed by atoms with Gasteiger partial charge in [0.25, 0.3) is 0 Å². The second-order valence-corrected chi connectivity index (χ2v) is 5.54. The van der Waals surface area contributed by atoms with Crippen LogP contribution in [-0.4, -0.2) is 38.8 Å². The number of morpholine rings is 1. The molecule has 1 unspecified atom stereocenters. The molecule has 1 aromatic rings. The zero-order chi connectivity index (χ0) is 15.1. The highest BCUT2D eigenvalue weighted by Crippen LogP contribution is 2.26. The summed E-state index contributed by atoms with van der Waals surface area (Å²) >= 11 is 0. The molecule has 3 N–H and O–H groups in total. The Hall–Kier alpha value is -1.59. The van der Waals surface area contributed by atoms with Gasteiger partial charge in [-0.1, -0.05) is 19.1 Å². The van der Waals surface area contributed by atoms with Crippen LogP contribution in [0.4, 0.5) is 11.4 Å². The Labute approximate surface area is 126 Å². The molecule has 1 aliphatic rings. The van der Waals surface area contributed by atoms with Crippen molar-refractivity contribution in [3.8, 4) is 0 Å².